The average molecular weight is 306 g/mol. The Morgan fingerprint density at radius 1 is 1.14 bits per heavy atom. The fourth-order valence-electron chi connectivity index (χ4n) is 3.93. The quantitative estimate of drug-likeness (QED) is 0.799. The van der Waals surface area contributed by atoms with Crippen LogP contribution in [-0.4, -0.2) is 34.6 Å². The maximum Gasteiger partial charge on any atom is 0.113 e. The fraction of sp³-hybridized carbons (Fsp3) is 0.588. The van der Waals surface area contributed by atoms with E-state index < -0.39 is 0 Å². The van der Waals surface area contributed by atoms with Crippen LogP contribution in [0.2, 0.25) is 0 Å². The minimum Gasteiger partial charge on any atom is -0.325 e. The normalized spacial score (nSPS) is 23.2. The highest BCUT2D eigenvalue weighted by molar-refractivity contribution is 5.85. The molecule has 1 saturated heterocycles. The summed E-state index contributed by atoms with van der Waals surface area (Å²) in [5.74, 6) is 2.00. The van der Waals surface area contributed by atoms with Crippen molar-refractivity contribution in [3.8, 4) is 0 Å². The molecular formula is C17H24ClN3. The number of nitrogens with zero attached hydrogens (tertiary/aromatic N) is 3. The number of aromatic nitrogens is 2. The van der Waals surface area contributed by atoms with Crippen molar-refractivity contribution in [2.75, 3.05) is 20.1 Å². The summed E-state index contributed by atoms with van der Waals surface area (Å²) >= 11 is 0. The highest BCUT2D eigenvalue weighted by atomic mass is 35.5. The lowest BCUT2D eigenvalue weighted by atomic mass is 9.94. The minimum absolute atomic E-state index is 0. The van der Waals surface area contributed by atoms with Gasteiger partial charge in [0.1, 0.15) is 5.82 Å². The lowest BCUT2D eigenvalue weighted by Gasteiger charge is -2.31. The van der Waals surface area contributed by atoms with E-state index in [-0.39, 0.29) is 12.4 Å². The SMILES string of the molecule is CC1CCc2cccc3nc(C4CCN(C)CC4)n1c23.Cl. The van der Waals surface area contributed by atoms with Crippen molar-refractivity contribution in [2.24, 2.45) is 0 Å². The zero-order valence-electron chi connectivity index (χ0n) is 12.9. The van der Waals surface area contributed by atoms with Gasteiger partial charge in [0.25, 0.3) is 0 Å². The van der Waals surface area contributed by atoms with E-state index in [2.05, 4.69) is 41.6 Å². The van der Waals surface area contributed by atoms with Gasteiger partial charge in [-0.05, 0) is 64.4 Å². The van der Waals surface area contributed by atoms with Crippen LogP contribution < -0.4 is 0 Å². The molecule has 1 fully saturated rings. The van der Waals surface area contributed by atoms with Gasteiger partial charge in [0.05, 0.1) is 11.0 Å². The number of hydrogen-bond donors (Lipinski definition) is 0. The van der Waals surface area contributed by atoms with E-state index in [0.717, 1.165) is 0 Å². The number of likely N-dealkylation sites (tertiary alicyclic amines) is 1. The van der Waals surface area contributed by atoms with Crippen LogP contribution >= 0.6 is 12.4 Å². The number of para-hydroxylation sites is 1. The molecule has 4 heteroatoms. The monoisotopic (exact) mass is 305 g/mol. The second-order valence-corrected chi connectivity index (χ2v) is 6.59. The zero-order valence-corrected chi connectivity index (χ0v) is 13.7. The molecule has 4 rings (SSSR count). The summed E-state index contributed by atoms with van der Waals surface area (Å²) in [4.78, 5) is 7.46. The van der Waals surface area contributed by atoms with Gasteiger partial charge >= 0.3 is 0 Å². The molecule has 2 aliphatic rings. The summed E-state index contributed by atoms with van der Waals surface area (Å²) in [5, 5.41) is 0. The molecule has 1 aromatic carbocycles. The van der Waals surface area contributed by atoms with Crippen LogP contribution in [0, 0.1) is 0 Å². The Balaban J connectivity index is 0.00000132. The Morgan fingerprint density at radius 2 is 1.90 bits per heavy atom. The van der Waals surface area contributed by atoms with Crippen LogP contribution in [0.25, 0.3) is 11.0 Å². The van der Waals surface area contributed by atoms with Gasteiger partial charge in [-0.25, -0.2) is 4.98 Å². The molecule has 21 heavy (non-hydrogen) atoms. The Kier molecular flexibility index (Phi) is 3.98. The fourth-order valence-corrected chi connectivity index (χ4v) is 3.93. The van der Waals surface area contributed by atoms with Gasteiger partial charge in [0.15, 0.2) is 0 Å². The first kappa shape index (κ1) is 14.9. The van der Waals surface area contributed by atoms with E-state index in [1.165, 1.54) is 61.2 Å². The van der Waals surface area contributed by atoms with Crippen molar-refractivity contribution in [3.05, 3.63) is 29.6 Å². The van der Waals surface area contributed by atoms with Crippen LogP contribution in [0.5, 0.6) is 0 Å². The summed E-state index contributed by atoms with van der Waals surface area (Å²) in [7, 11) is 2.23. The molecule has 2 aliphatic heterocycles. The van der Waals surface area contributed by atoms with Gasteiger partial charge in [0, 0.05) is 12.0 Å². The van der Waals surface area contributed by atoms with Crippen LogP contribution in [-0.2, 0) is 6.42 Å². The summed E-state index contributed by atoms with van der Waals surface area (Å²) in [6.45, 7) is 4.76. The largest absolute Gasteiger partial charge is 0.325 e. The Morgan fingerprint density at radius 3 is 2.67 bits per heavy atom. The molecule has 0 aliphatic carbocycles. The predicted octanol–water partition coefficient (Wildman–Crippen LogP) is 3.77. The van der Waals surface area contributed by atoms with Crippen LogP contribution in [0.15, 0.2) is 18.2 Å². The third-order valence-electron chi connectivity index (χ3n) is 5.18. The van der Waals surface area contributed by atoms with Crippen LogP contribution in [0.1, 0.15) is 49.5 Å². The highest BCUT2D eigenvalue weighted by Gasteiger charge is 2.28. The third kappa shape index (κ3) is 2.36. The molecule has 3 nitrogen and oxygen atoms in total. The van der Waals surface area contributed by atoms with Gasteiger partial charge in [-0.15, -0.1) is 12.4 Å². The number of rotatable bonds is 1. The van der Waals surface area contributed by atoms with Gasteiger partial charge in [-0.3, -0.25) is 0 Å². The number of benzene rings is 1. The van der Waals surface area contributed by atoms with Gasteiger partial charge in [0.2, 0.25) is 0 Å². The highest BCUT2D eigenvalue weighted by Crippen LogP contribution is 2.37. The van der Waals surface area contributed by atoms with Crippen molar-refractivity contribution in [1.82, 2.24) is 14.5 Å². The van der Waals surface area contributed by atoms with Crippen LogP contribution in [0.4, 0.5) is 0 Å². The first-order valence-electron chi connectivity index (χ1n) is 7.92. The first-order chi connectivity index (χ1) is 9.74. The maximum atomic E-state index is 5.03. The molecule has 0 bridgehead atoms. The Bertz CT molecular complexity index is 641. The van der Waals surface area contributed by atoms with E-state index in [4.69, 9.17) is 4.98 Å². The molecule has 0 saturated carbocycles. The smallest absolute Gasteiger partial charge is 0.113 e. The second kappa shape index (κ2) is 5.62. The van der Waals surface area contributed by atoms with Crippen molar-refractivity contribution in [3.63, 3.8) is 0 Å². The first-order valence-corrected chi connectivity index (χ1v) is 7.92. The molecule has 1 unspecified atom stereocenters. The Hall–Kier alpha value is -1.06. The molecule has 0 spiro atoms. The number of aryl methyl sites for hydroxylation is 1. The summed E-state index contributed by atoms with van der Waals surface area (Å²) in [6.07, 6.45) is 4.96. The maximum absolute atomic E-state index is 5.03. The van der Waals surface area contributed by atoms with E-state index in [0.29, 0.717) is 12.0 Å². The van der Waals surface area contributed by atoms with Gasteiger partial charge in [-0.2, -0.15) is 0 Å². The third-order valence-corrected chi connectivity index (χ3v) is 5.18. The van der Waals surface area contributed by atoms with E-state index in [9.17, 15) is 0 Å². The Labute approximate surface area is 132 Å². The molecule has 0 amide bonds. The minimum atomic E-state index is 0. The molecule has 1 aromatic heterocycles. The van der Waals surface area contributed by atoms with Crippen LogP contribution in [0.3, 0.4) is 0 Å². The molecule has 0 N–H and O–H groups in total. The zero-order chi connectivity index (χ0) is 13.7. The lowest BCUT2D eigenvalue weighted by Crippen LogP contribution is -2.31. The number of piperidine rings is 1. The molecule has 1 atom stereocenters. The van der Waals surface area contributed by atoms with Gasteiger partial charge in [-0.1, -0.05) is 12.1 Å². The summed E-state index contributed by atoms with van der Waals surface area (Å²) < 4.78 is 2.56. The molecular weight excluding hydrogens is 282 g/mol. The summed E-state index contributed by atoms with van der Waals surface area (Å²) in [6, 6.07) is 7.24. The van der Waals surface area contributed by atoms with Crippen molar-refractivity contribution in [2.45, 2.75) is 44.6 Å². The topological polar surface area (TPSA) is 21.1 Å². The standard InChI is InChI=1S/C17H23N3.ClH/c1-12-6-7-13-4-3-5-15-16(13)20(12)17(18-15)14-8-10-19(2)11-9-14;/h3-5,12,14H,6-11H2,1-2H3;1H. The number of halogens is 1. The lowest BCUT2D eigenvalue weighted by molar-refractivity contribution is 0.247. The van der Waals surface area contributed by atoms with E-state index >= 15 is 0 Å². The predicted molar refractivity (Wildman–Crippen MR) is 89.5 cm³/mol. The molecule has 0 radical (unpaired) electrons. The van der Waals surface area contributed by atoms with E-state index in [1.807, 2.05) is 0 Å². The van der Waals surface area contributed by atoms with Gasteiger partial charge < -0.3 is 9.47 Å². The van der Waals surface area contributed by atoms with Crippen molar-refractivity contribution in [1.29, 1.82) is 0 Å². The van der Waals surface area contributed by atoms with E-state index in [1.54, 1.807) is 0 Å². The van der Waals surface area contributed by atoms with Crippen molar-refractivity contribution < 1.29 is 0 Å². The number of hydrogen-bond acceptors (Lipinski definition) is 2. The van der Waals surface area contributed by atoms with Crippen molar-refractivity contribution >= 4 is 23.4 Å². The molecule has 114 valence electrons. The molecule has 3 heterocycles. The molecule has 2 aromatic rings. The average Bonchev–Trinajstić information content (AvgIpc) is 2.85. The second-order valence-electron chi connectivity index (χ2n) is 6.59. The summed E-state index contributed by atoms with van der Waals surface area (Å²) in [5.41, 5.74) is 4.12. The number of imidazole rings is 1.